The Balaban J connectivity index is 0.000000180. The van der Waals surface area contributed by atoms with Crippen LogP contribution in [-0.4, -0.2) is 13.7 Å². The molecule has 132 heavy (non-hydrogen) atoms. The summed E-state index contributed by atoms with van der Waals surface area (Å²) < 4.78 is 7.59. The average Bonchev–Trinajstić information content (AvgIpc) is 1.54. The van der Waals surface area contributed by atoms with Gasteiger partial charge in [0.05, 0.1) is 33.1 Å². The fourth-order valence-electron chi connectivity index (χ4n) is 21.2. The van der Waals surface area contributed by atoms with E-state index in [2.05, 4.69) is 287 Å². The summed E-state index contributed by atoms with van der Waals surface area (Å²) in [6.45, 7) is 60.0. The van der Waals surface area contributed by atoms with E-state index in [1.807, 2.05) is 208 Å². The molecule has 0 unspecified atom stereocenters. The predicted octanol–water partition coefficient (Wildman–Crippen LogP) is 38.9. The number of hydrogen-bond acceptors (Lipinski definition) is 0. The van der Waals surface area contributed by atoms with Crippen LogP contribution in [0.15, 0.2) is 273 Å². The van der Waals surface area contributed by atoms with Crippen molar-refractivity contribution in [2.24, 2.45) is 0 Å². The third kappa shape index (κ3) is 17.3. The highest BCUT2D eigenvalue weighted by atomic mass is 15.0. The van der Waals surface area contributed by atoms with Gasteiger partial charge in [-0.25, -0.2) is 0 Å². The Morgan fingerprint density at radius 1 is 0.144 bits per heavy atom. The molecule has 15 aromatic carbocycles. The molecule has 3 nitrogen and oxygen atoms in total. The van der Waals surface area contributed by atoms with Gasteiger partial charge in [-0.15, -0.1) is 0 Å². The van der Waals surface area contributed by atoms with Crippen LogP contribution in [0.25, 0.3) is 149 Å². The number of aromatic nitrogens is 3. The lowest BCUT2D eigenvalue weighted by atomic mass is 9.89. The zero-order chi connectivity index (χ0) is 95.9. The highest BCUT2D eigenvalue weighted by Gasteiger charge is 2.38. The van der Waals surface area contributed by atoms with E-state index in [-0.39, 0.29) is 0 Å². The minimum Gasteiger partial charge on any atom is -0.309 e. The van der Waals surface area contributed by atoms with Crippen molar-refractivity contribution in [2.75, 3.05) is 0 Å². The summed E-state index contributed by atoms with van der Waals surface area (Å²) in [5.41, 5.74) is 56.6. The van der Waals surface area contributed by atoms with Crippen molar-refractivity contribution in [1.29, 1.82) is 0 Å². The minimum absolute atomic E-state index is 1.01. The zero-order valence-corrected chi connectivity index (χ0v) is 86.2. The second-order valence-electron chi connectivity index (χ2n) is 30.3. The summed E-state index contributed by atoms with van der Waals surface area (Å²) >= 11 is 0. The number of fused-ring (bicyclic) bond motifs is 38. The molecule has 3 aromatic heterocycles. The summed E-state index contributed by atoms with van der Waals surface area (Å²) in [6, 6.07) is 103. The Morgan fingerprint density at radius 3 is 0.811 bits per heavy atom. The largest absolute Gasteiger partial charge is 0.309 e. The first kappa shape index (κ1) is 102. The minimum atomic E-state index is 1.01. The van der Waals surface area contributed by atoms with Crippen LogP contribution in [0, 0.1) is 0 Å². The van der Waals surface area contributed by atoms with Crippen LogP contribution in [0.4, 0.5) is 0 Å². The molecule has 0 N–H and O–H groups in total. The molecule has 684 valence electrons. The first-order valence-corrected chi connectivity index (χ1v) is 51.8. The lowest BCUT2D eigenvalue weighted by Gasteiger charge is -2.23. The summed E-state index contributed by atoms with van der Waals surface area (Å²) in [5.74, 6) is 0. The molecular weight excluding hydrogens is 1590 g/mol. The molecule has 6 heterocycles. The van der Waals surface area contributed by atoms with Crippen molar-refractivity contribution in [3.8, 4) is 83.8 Å². The Morgan fingerprint density at radius 2 is 0.394 bits per heavy atom. The molecule has 9 aliphatic rings. The molecule has 0 spiro atoms. The van der Waals surface area contributed by atoms with Crippen molar-refractivity contribution < 1.29 is 0 Å². The maximum atomic E-state index is 2.53. The highest BCUT2D eigenvalue weighted by molar-refractivity contribution is 6.17. The molecule has 3 aliphatic heterocycles. The SMILES string of the molecule is CC.CC.CC.CC.CC.CC.CC.CC.CC.CC.CC.CC.CC.CC.CC.c1ccc2c(c1)Cc1c-2ccc2c1-c1cc3c4ccccc4n4c3c(c1C2)Cc1ccccc1-4.c1ccc2c(c1)Cc1cc3c(cc1-2)Cc1c-3cc2c3ccccc3n3c2c1Cc1ccccc1-3.c1ccc2c(c1)Cc1ccc3c(c1-2)-c1cc2c4ccccc4n4c2c(c1C3)Cc1ccccc1-4. The number of rotatable bonds is 0. The van der Waals surface area contributed by atoms with Crippen LogP contribution in [0.3, 0.4) is 0 Å². The van der Waals surface area contributed by atoms with Crippen LogP contribution in [0.1, 0.15) is 308 Å². The van der Waals surface area contributed by atoms with E-state index < -0.39 is 0 Å². The average molecular weight is 1750 g/mol. The molecule has 18 aromatic rings. The van der Waals surface area contributed by atoms with Crippen molar-refractivity contribution in [2.45, 2.75) is 265 Å². The topological polar surface area (TPSA) is 14.8 Å². The second kappa shape index (κ2) is 47.7. The molecule has 0 fully saturated rings. The van der Waals surface area contributed by atoms with Gasteiger partial charge in [-0.1, -0.05) is 414 Å². The predicted molar refractivity (Wildman–Crippen MR) is 590 cm³/mol. The standard InChI is InChI=1S/3C33H21N.15C2H6/c1-3-9-23-19(7-1)13-21-15-26-22(16-25(21)23)17-27-28(26)18-30-24-10-4-6-12-32(24)34-31-11-5-2-8-20(31)14-29(27)33(30)34;1-3-9-22-19(7-1)15-26-23(22)14-13-21-17-25-27(32(21)26)18-29-24-10-4-6-12-31(24)34-30-11-5-2-8-20(30)16-28(25)33(29)34;1-3-9-23-19(7-1)15-21-13-14-22-17-25-26(32(22)31(21)23)18-28-24-10-4-6-12-30(24)34-29-11-5-2-8-20(29)16-27(25)33(28)34;15*1-2/h1-12,15-16,18H,13-14,17H2;2*1-14,18H,15-17H2;15*1-2H3. The van der Waals surface area contributed by atoms with Gasteiger partial charge in [-0.2, -0.15) is 0 Å². The first-order chi connectivity index (χ1) is 65.6. The monoisotopic (exact) mass is 1740 g/mol. The smallest absolute Gasteiger partial charge is 0.0579 e. The second-order valence-corrected chi connectivity index (χ2v) is 30.3. The Labute approximate surface area is 796 Å². The number of nitrogens with zero attached hydrogens (tertiary/aromatic N) is 3. The van der Waals surface area contributed by atoms with E-state index in [1.54, 1.807) is 11.1 Å². The maximum absolute atomic E-state index is 2.53. The van der Waals surface area contributed by atoms with Gasteiger partial charge in [0, 0.05) is 68.6 Å². The van der Waals surface area contributed by atoms with Crippen molar-refractivity contribution in [3.05, 3.63) is 373 Å². The van der Waals surface area contributed by atoms with Gasteiger partial charge < -0.3 is 13.7 Å². The molecule has 0 radical (unpaired) electrons. The molecule has 0 atom stereocenters. The fraction of sp³-hybridized carbons (Fsp3) is 0.302. The van der Waals surface area contributed by atoms with Gasteiger partial charge in [-0.3, -0.25) is 0 Å². The van der Waals surface area contributed by atoms with Crippen LogP contribution >= 0.6 is 0 Å². The van der Waals surface area contributed by atoms with Crippen LogP contribution < -0.4 is 0 Å². The molecule has 0 saturated heterocycles. The van der Waals surface area contributed by atoms with E-state index in [4.69, 9.17) is 0 Å². The Hall–Kier alpha value is -12.3. The lowest BCUT2D eigenvalue weighted by molar-refractivity contribution is 1.02. The van der Waals surface area contributed by atoms with Crippen LogP contribution in [-0.2, 0) is 57.8 Å². The van der Waals surface area contributed by atoms with E-state index in [9.17, 15) is 0 Å². The summed E-state index contributed by atoms with van der Waals surface area (Å²) in [6.07, 6.45) is 9.32. The number of benzene rings is 15. The van der Waals surface area contributed by atoms with Crippen LogP contribution in [0.2, 0.25) is 0 Å². The molecule has 6 aliphatic carbocycles. The lowest BCUT2D eigenvalue weighted by Crippen LogP contribution is -2.09. The van der Waals surface area contributed by atoms with Gasteiger partial charge in [0.2, 0.25) is 0 Å². The van der Waals surface area contributed by atoms with Gasteiger partial charge >= 0.3 is 0 Å². The van der Waals surface area contributed by atoms with Gasteiger partial charge in [0.25, 0.3) is 0 Å². The first-order valence-electron chi connectivity index (χ1n) is 51.8. The Kier molecular flexibility index (Phi) is 36.8. The number of para-hydroxylation sites is 6. The summed E-state index contributed by atoms with van der Waals surface area (Å²) in [4.78, 5) is 0. The highest BCUT2D eigenvalue weighted by Crippen LogP contribution is 2.57. The van der Waals surface area contributed by atoms with E-state index in [1.165, 1.54) is 238 Å². The third-order valence-electron chi connectivity index (χ3n) is 25.4. The van der Waals surface area contributed by atoms with Gasteiger partial charge in [-0.05, 0) is 272 Å². The fourth-order valence-corrected chi connectivity index (χ4v) is 21.2. The summed E-state index contributed by atoms with van der Waals surface area (Å²) in [7, 11) is 0. The molecule has 27 rings (SSSR count). The normalized spacial score (nSPS) is 11.6. The molecule has 0 saturated carbocycles. The molecule has 0 amide bonds. The van der Waals surface area contributed by atoms with Crippen LogP contribution in [0.5, 0.6) is 0 Å². The molecule has 3 heteroatoms. The maximum Gasteiger partial charge on any atom is 0.0579 e. The summed E-state index contributed by atoms with van der Waals surface area (Å²) in [5, 5.41) is 8.29. The van der Waals surface area contributed by atoms with Crippen molar-refractivity contribution in [3.63, 3.8) is 0 Å². The van der Waals surface area contributed by atoms with E-state index in [0.717, 1.165) is 57.8 Å². The number of hydrogen-bond donors (Lipinski definition) is 0. The van der Waals surface area contributed by atoms with Gasteiger partial charge in [0.15, 0.2) is 0 Å². The molecular formula is C129H153N3. The quantitative estimate of drug-likeness (QED) is 0.144. The van der Waals surface area contributed by atoms with Crippen molar-refractivity contribution in [1.82, 2.24) is 13.7 Å². The van der Waals surface area contributed by atoms with Crippen molar-refractivity contribution >= 4 is 65.4 Å². The zero-order valence-electron chi connectivity index (χ0n) is 86.2. The van der Waals surface area contributed by atoms with E-state index >= 15 is 0 Å². The van der Waals surface area contributed by atoms with E-state index in [0.29, 0.717) is 0 Å². The van der Waals surface area contributed by atoms with Gasteiger partial charge in [0.1, 0.15) is 0 Å². The molecule has 0 bridgehead atoms. The Bertz CT molecular complexity index is 6970. The third-order valence-corrected chi connectivity index (χ3v) is 25.4.